The molecule has 1 saturated heterocycles. The molecule has 0 amide bonds. The predicted molar refractivity (Wildman–Crippen MR) is 79.7 cm³/mol. The second kappa shape index (κ2) is 6.26. The van der Waals surface area contributed by atoms with Gasteiger partial charge in [-0.3, -0.25) is 0 Å². The Kier molecular flexibility index (Phi) is 4.81. The molecule has 0 saturated carbocycles. The minimum Gasteiger partial charge on any atom is -0.371 e. The van der Waals surface area contributed by atoms with Crippen LogP contribution in [0.3, 0.4) is 0 Å². The van der Waals surface area contributed by atoms with Gasteiger partial charge in [-0.2, -0.15) is 13.2 Å². The molecule has 1 aliphatic heterocycles. The van der Waals surface area contributed by atoms with Crippen molar-refractivity contribution >= 4 is 5.69 Å². The Morgan fingerprint density at radius 2 is 1.67 bits per heavy atom. The molecule has 118 valence electrons. The molecule has 5 heteroatoms. The number of hydrogen-bond acceptors (Lipinski definition) is 2. The van der Waals surface area contributed by atoms with Gasteiger partial charge in [0.2, 0.25) is 0 Å². The summed E-state index contributed by atoms with van der Waals surface area (Å²) in [5.74, 6) is 0. The highest BCUT2D eigenvalue weighted by Gasteiger charge is 2.31. The van der Waals surface area contributed by atoms with Crippen LogP contribution in [0.4, 0.5) is 18.9 Å². The zero-order valence-electron chi connectivity index (χ0n) is 12.8. The zero-order chi connectivity index (χ0) is 15.6. The van der Waals surface area contributed by atoms with Crippen LogP contribution in [0, 0.1) is 6.92 Å². The summed E-state index contributed by atoms with van der Waals surface area (Å²) in [5.41, 5.74) is 1.05. The van der Waals surface area contributed by atoms with E-state index in [0.29, 0.717) is 17.8 Å². The molecule has 0 aromatic heterocycles. The summed E-state index contributed by atoms with van der Waals surface area (Å²) < 4.78 is 38.7. The quantitative estimate of drug-likeness (QED) is 0.844. The van der Waals surface area contributed by atoms with E-state index in [1.54, 1.807) is 6.07 Å². The minimum atomic E-state index is -4.28. The molecular weight excluding hydrogens is 277 g/mol. The first-order chi connectivity index (χ1) is 9.77. The van der Waals surface area contributed by atoms with Gasteiger partial charge in [0, 0.05) is 30.9 Å². The maximum absolute atomic E-state index is 12.9. The van der Waals surface area contributed by atoms with E-state index < -0.39 is 11.7 Å². The number of nitrogens with one attached hydrogen (secondary N) is 1. The largest absolute Gasteiger partial charge is 0.416 e. The van der Waals surface area contributed by atoms with Crippen molar-refractivity contribution in [1.29, 1.82) is 0 Å². The van der Waals surface area contributed by atoms with E-state index in [-0.39, 0.29) is 0 Å². The van der Waals surface area contributed by atoms with Crippen molar-refractivity contribution in [1.82, 2.24) is 5.32 Å². The average molecular weight is 300 g/mol. The van der Waals surface area contributed by atoms with Crippen LogP contribution in [-0.2, 0) is 6.18 Å². The van der Waals surface area contributed by atoms with Crippen molar-refractivity contribution in [2.75, 3.05) is 18.0 Å². The number of anilines is 1. The van der Waals surface area contributed by atoms with Crippen molar-refractivity contribution in [3.8, 4) is 0 Å². The van der Waals surface area contributed by atoms with Gasteiger partial charge in [0.05, 0.1) is 5.56 Å². The number of alkyl halides is 3. The third-order valence-electron chi connectivity index (χ3n) is 4.11. The molecular formula is C16H23F3N2. The molecule has 1 aliphatic rings. The van der Waals surface area contributed by atoms with Gasteiger partial charge >= 0.3 is 6.18 Å². The third-order valence-corrected chi connectivity index (χ3v) is 4.11. The maximum atomic E-state index is 12.9. The van der Waals surface area contributed by atoms with Gasteiger partial charge in [-0.05, 0) is 51.3 Å². The molecule has 1 fully saturated rings. The van der Waals surface area contributed by atoms with Crippen molar-refractivity contribution in [2.45, 2.75) is 51.9 Å². The van der Waals surface area contributed by atoms with E-state index in [2.05, 4.69) is 24.1 Å². The second-order valence-corrected chi connectivity index (χ2v) is 6.03. The van der Waals surface area contributed by atoms with Crippen LogP contribution < -0.4 is 10.2 Å². The first-order valence-electron chi connectivity index (χ1n) is 7.46. The van der Waals surface area contributed by atoms with Crippen LogP contribution in [-0.4, -0.2) is 25.2 Å². The Balaban J connectivity index is 2.26. The van der Waals surface area contributed by atoms with Crippen LogP contribution in [0.15, 0.2) is 18.2 Å². The Morgan fingerprint density at radius 1 is 1.10 bits per heavy atom. The predicted octanol–water partition coefficient (Wildman–Crippen LogP) is 3.98. The summed E-state index contributed by atoms with van der Waals surface area (Å²) in [5, 5.41) is 3.50. The highest BCUT2D eigenvalue weighted by molar-refractivity contribution is 5.55. The lowest BCUT2D eigenvalue weighted by atomic mass is 10.0. The van der Waals surface area contributed by atoms with Crippen molar-refractivity contribution in [2.24, 2.45) is 0 Å². The number of aryl methyl sites for hydroxylation is 1. The van der Waals surface area contributed by atoms with E-state index in [1.807, 2.05) is 6.92 Å². The van der Waals surface area contributed by atoms with Crippen LogP contribution in [0.1, 0.15) is 37.8 Å². The average Bonchev–Trinajstić information content (AvgIpc) is 2.36. The fourth-order valence-corrected chi connectivity index (χ4v) is 2.83. The lowest BCUT2D eigenvalue weighted by molar-refractivity contribution is -0.137. The van der Waals surface area contributed by atoms with E-state index in [9.17, 15) is 13.2 Å². The van der Waals surface area contributed by atoms with Crippen molar-refractivity contribution < 1.29 is 13.2 Å². The van der Waals surface area contributed by atoms with E-state index in [4.69, 9.17) is 0 Å². The van der Waals surface area contributed by atoms with E-state index in [1.165, 1.54) is 6.07 Å². The number of rotatable bonds is 1. The monoisotopic (exact) mass is 300 g/mol. The van der Waals surface area contributed by atoms with Gasteiger partial charge in [0.15, 0.2) is 0 Å². The Hall–Kier alpha value is -1.23. The van der Waals surface area contributed by atoms with Crippen molar-refractivity contribution in [3.05, 3.63) is 29.3 Å². The Morgan fingerprint density at radius 3 is 2.19 bits per heavy atom. The molecule has 2 rings (SSSR count). The molecule has 0 bridgehead atoms. The molecule has 2 nitrogen and oxygen atoms in total. The van der Waals surface area contributed by atoms with Gasteiger partial charge in [-0.1, -0.05) is 6.07 Å². The van der Waals surface area contributed by atoms with Crippen LogP contribution in [0.2, 0.25) is 0 Å². The SMILES string of the molecule is Cc1ccc(C(F)(F)F)cc1N1CCC(C)NC(C)CC1. The van der Waals surface area contributed by atoms with Crippen molar-refractivity contribution in [3.63, 3.8) is 0 Å². The number of halogens is 3. The van der Waals surface area contributed by atoms with Gasteiger partial charge < -0.3 is 10.2 Å². The summed E-state index contributed by atoms with van der Waals surface area (Å²) >= 11 is 0. The molecule has 21 heavy (non-hydrogen) atoms. The van der Waals surface area contributed by atoms with Crippen LogP contribution in [0.25, 0.3) is 0 Å². The summed E-state index contributed by atoms with van der Waals surface area (Å²) in [6.45, 7) is 7.68. The lowest BCUT2D eigenvalue weighted by Gasteiger charge is -2.33. The lowest BCUT2D eigenvalue weighted by Crippen LogP contribution is -2.43. The maximum Gasteiger partial charge on any atom is 0.416 e. The molecule has 1 heterocycles. The van der Waals surface area contributed by atoms with E-state index >= 15 is 0 Å². The zero-order valence-corrected chi connectivity index (χ0v) is 12.8. The molecule has 0 radical (unpaired) electrons. The number of hydrogen-bond donors (Lipinski definition) is 1. The highest BCUT2D eigenvalue weighted by atomic mass is 19.4. The minimum absolute atomic E-state index is 0.383. The summed E-state index contributed by atoms with van der Waals surface area (Å²) in [4.78, 5) is 2.10. The highest BCUT2D eigenvalue weighted by Crippen LogP contribution is 2.33. The summed E-state index contributed by atoms with van der Waals surface area (Å²) in [6, 6.07) is 4.79. The molecule has 0 aliphatic carbocycles. The first kappa shape index (κ1) is 16.1. The third kappa shape index (κ3) is 4.13. The molecule has 2 unspecified atom stereocenters. The van der Waals surface area contributed by atoms with E-state index in [0.717, 1.165) is 37.6 Å². The number of benzene rings is 1. The van der Waals surface area contributed by atoms with Gasteiger partial charge in [0.1, 0.15) is 0 Å². The molecule has 1 aromatic rings. The standard InChI is InChI=1S/C16H23F3N2/c1-11-4-5-14(16(17,18)19)10-15(11)21-8-6-12(2)20-13(3)7-9-21/h4-5,10,12-13,20H,6-9H2,1-3H3. The second-order valence-electron chi connectivity index (χ2n) is 6.03. The Bertz CT molecular complexity index is 473. The number of nitrogens with zero attached hydrogens (tertiary/aromatic N) is 1. The fourth-order valence-electron chi connectivity index (χ4n) is 2.83. The summed E-state index contributed by atoms with van der Waals surface area (Å²) in [7, 11) is 0. The van der Waals surface area contributed by atoms with Crippen LogP contribution >= 0.6 is 0 Å². The smallest absolute Gasteiger partial charge is 0.371 e. The molecule has 2 atom stereocenters. The summed E-state index contributed by atoms with van der Waals surface area (Å²) in [6.07, 6.45) is -2.42. The molecule has 0 spiro atoms. The fraction of sp³-hybridized carbons (Fsp3) is 0.625. The van der Waals surface area contributed by atoms with Gasteiger partial charge in [-0.25, -0.2) is 0 Å². The topological polar surface area (TPSA) is 15.3 Å². The Labute approximate surface area is 124 Å². The van der Waals surface area contributed by atoms with Crippen LogP contribution in [0.5, 0.6) is 0 Å². The first-order valence-corrected chi connectivity index (χ1v) is 7.46. The van der Waals surface area contributed by atoms with Gasteiger partial charge in [0.25, 0.3) is 0 Å². The molecule has 1 aromatic carbocycles. The molecule has 1 N–H and O–H groups in total. The normalized spacial score (nSPS) is 24.6. The van der Waals surface area contributed by atoms with Gasteiger partial charge in [-0.15, -0.1) is 0 Å².